The molecule has 0 spiro atoms. The molecule has 0 aliphatic heterocycles. The van der Waals surface area contributed by atoms with E-state index in [1.165, 1.54) is 0 Å². The van der Waals surface area contributed by atoms with Crippen molar-refractivity contribution in [1.82, 2.24) is 4.98 Å². The zero-order valence-corrected chi connectivity index (χ0v) is 9.52. The number of nitrogen functional groups attached to an aromatic ring is 1. The molecule has 1 aromatic rings. The molecule has 0 amide bonds. The average molecular weight is 273 g/mol. The molecule has 0 aromatic carbocycles. The second kappa shape index (κ2) is 4.38. The molecule has 0 unspecified atom stereocenters. The van der Waals surface area contributed by atoms with Gasteiger partial charge in [0, 0.05) is 10.7 Å². The molecule has 5 nitrogen and oxygen atoms in total. The van der Waals surface area contributed by atoms with Gasteiger partial charge < -0.3 is 10.5 Å². The van der Waals surface area contributed by atoms with Gasteiger partial charge in [-0.2, -0.15) is 0 Å². The van der Waals surface area contributed by atoms with Crippen LogP contribution in [0.15, 0.2) is 11.1 Å². The maximum atomic E-state index is 12.5. The first kappa shape index (κ1) is 12.9. The van der Waals surface area contributed by atoms with E-state index >= 15 is 0 Å². The molecule has 2 N–H and O–H groups in total. The first-order valence-corrected chi connectivity index (χ1v) is 6.15. The van der Waals surface area contributed by atoms with Gasteiger partial charge >= 0.3 is 0 Å². The molecule has 1 aromatic heterocycles. The summed E-state index contributed by atoms with van der Waals surface area (Å²) in [4.78, 5) is 2.34. The molecular weight excluding hydrogens is 266 g/mol. The van der Waals surface area contributed by atoms with E-state index in [1.807, 2.05) is 0 Å². The molecular formula is C7H7ClF2N2O3S. The number of nitrogens with two attached hydrogens (primary N) is 1. The first-order valence-electron chi connectivity index (χ1n) is 3.84. The van der Waals surface area contributed by atoms with Crippen LogP contribution in [0.4, 0.5) is 14.5 Å². The van der Waals surface area contributed by atoms with Crippen molar-refractivity contribution in [2.75, 3.05) is 12.8 Å². The zero-order chi connectivity index (χ0) is 12.5. The number of halogens is 3. The number of alkyl halides is 2. The number of nitrogens with zero attached hydrogens (tertiary/aromatic N) is 1. The van der Waals surface area contributed by atoms with Crippen LogP contribution in [0, 0.1) is 0 Å². The smallest absolute Gasteiger partial charge is 0.281 e. The molecule has 90 valence electrons. The topological polar surface area (TPSA) is 82.3 Å². The molecule has 1 heterocycles. The lowest BCUT2D eigenvalue weighted by Crippen LogP contribution is -2.07. The number of hydrogen-bond donors (Lipinski definition) is 1. The van der Waals surface area contributed by atoms with Gasteiger partial charge in [0.2, 0.25) is 0 Å². The Morgan fingerprint density at radius 3 is 2.50 bits per heavy atom. The van der Waals surface area contributed by atoms with Crippen LogP contribution in [0.25, 0.3) is 0 Å². The summed E-state index contributed by atoms with van der Waals surface area (Å²) in [7, 11) is 1.70. The van der Waals surface area contributed by atoms with Crippen molar-refractivity contribution in [3.8, 4) is 5.75 Å². The molecule has 0 aliphatic rings. The van der Waals surface area contributed by atoms with E-state index in [1.54, 1.807) is 0 Å². The molecule has 1 rings (SSSR count). The van der Waals surface area contributed by atoms with Crippen molar-refractivity contribution < 1.29 is 21.9 Å². The summed E-state index contributed by atoms with van der Waals surface area (Å²) in [5.74, 6) is -0.430. The van der Waals surface area contributed by atoms with Gasteiger partial charge in [0.05, 0.1) is 19.0 Å². The quantitative estimate of drug-likeness (QED) is 0.844. The van der Waals surface area contributed by atoms with Crippen molar-refractivity contribution in [2.45, 2.75) is 11.3 Å². The summed E-state index contributed by atoms with van der Waals surface area (Å²) < 4.78 is 52.0. The van der Waals surface area contributed by atoms with E-state index in [4.69, 9.17) is 16.4 Å². The predicted octanol–water partition coefficient (Wildman–Crippen LogP) is 1.54. The minimum Gasteiger partial charge on any atom is -0.493 e. The highest BCUT2D eigenvalue weighted by molar-refractivity contribution is 8.13. The van der Waals surface area contributed by atoms with Crippen molar-refractivity contribution in [3.63, 3.8) is 0 Å². The molecule has 0 saturated heterocycles. The van der Waals surface area contributed by atoms with Crippen LogP contribution >= 0.6 is 10.7 Å². The number of pyridine rings is 1. The second-order valence-corrected chi connectivity index (χ2v) is 5.20. The zero-order valence-electron chi connectivity index (χ0n) is 7.95. The minimum absolute atomic E-state index is 0.189. The predicted molar refractivity (Wildman–Crippen MR) is 53.2 cm³/mol. The van der Waals surface area contributed by atoms with Crippen molar-refractivity contribution >= 4 is 25.4 Å². The summed E-state index contributed by atoms with van der Waals surface area (Å²) >= 11 is 0. The van der Waals surface area contributed by atoms with E-state index in [0.717, 1.165) is 13.3 Å². The van der Waals surface area contributed by atoms with Crippen molar-refractivity contribution in [3.05, 3.63) is 11.9 Å². The van der Waals surface area contributed by atoms with Gasteiger partial charge in [-0.3, -0.25) is 4.98 Å². The lowest BCUT2D eigenvalue weighted by Gasteiger charge is -2.11. The van der Waals surface area contributed by atoms with Gasteiger partial charge in [-0.25, -0.2) is 17.2 Å². The highest BCUT2D eigenvalue weighted by Crippen LogP contribution is 2.37. The molecule has 0 radical (unpaired) electrons. The van der Waals surface area contributed by atoms with E-state index in [-0.39, 0.29) is 5.69 Å². The molecule has 9 heteroatoms. The highest BCUT2D eigenvalue weighted by atomic mass is 35.7. The molecule has 16 heavy (non-hydrogen) atoms. The fourth-order valence-electron chi connectivity index (χ4n) is 1.11. The van der Waals surface area contributed by atoms with E-state index in [9.17, 15) is 17.2 Å². The summed E-state index contributed by atoms with van der Waals surface area (Å²) in [6, 6.07) is 0. The van der Waals surface area contributed by atoms with E-state index in [2.05, 4.69) is 9.72 Å². The number of anilines is 1. The number of aromatic nitrogens is 1. The van der Waals surface area contributed by atoms with Gasteiger partial charge in [0.25, 0.3) is 15.5 Å². The standard InChI is InChI=1S/C7H7ClF2N2O3S/c1-15-5-3(11)2-12-4(7(9)10)6(5)16(8,13)14/h2,7H,11H2,1H3. The Labute approximate surface area is 94.6 Å². The lowest BCUT2D eigenvalue weighted by atomic mass is 10.3. The summed E-state index contributed by atoms with van der Waals surface area (Å²) in [5, 5.41) is 0. The fraction of sp³-hybridized carbons (Fsp3) is 0.286. The first-order chi connectivity index (χ1) is 7.29. The molecule has 0 aliphatic carbocycles. The third-order valence-corrected chi connectivity index (χ3v) is 3.04. The minimum atomic E-state index is -4.42. The highest BCUT2D eigenvalue weighted by Gasteiger charge is 2.29. The Morgan fingerprint density at radius 1 is 1.56 bits per heavy atom. The number of methoxy groups -OCH3 is 1. The van der Waals surface area contributed by atoms with Crippen LogP contribution in [0.3, 0.4) is 0 Å². The van der Waals surface area contributed by atoms with Gasteiger partial charge in [-0.05, 0) is 0 Å². The largest absolute Gasteiger partial charge is 0.493 e. The average Bonchev–Trinajstić information content (AvgIpc) is 2.15. The molecule has 0 saturated carbocycles. The van der Waals surface area contributed by atoms with Gasteiger partial charge in [-0.1, -0.05) is 0 Å². The van der Waals surface area contributed by atoms with Crippen molar-refractivity contribution in [1.29, 1.82) is 0 Å². The number of hydrogen-bond acceptors (Lipinski definition) is 5. The van der Waals surface area contributed by atoms with E-state index < -0.39 is 31.8 Å². The van der Waals surface area contributed by atoms with Crippen LogP contribution in [0.2, 0.25) is 0 Å². The van der Waals surface area contributed by atoms with Crippen LogP contribution in [0.5, 0.6) is 5.75 Å². The second-order valence-electron chi connectivity index (χ2n) is 2.70. The summed E-state index contributed by atoms with van der Waals surface area (Å²) in [6.45, 7) is 0. The normalized spacial score (nSPS) is 11.8. The molecule has 0 bridgehead atoms. The SMILES string of the molecule is COc1c(N)cnc(C(F)F)c1S(=O)(=O)Cl. The summed E-state index contributed by atoms with van der Waals surface area (Å²) in [6.07, 6.45) is -2.22. The fourth-order valence-corrected chi connectivity index (χ4v) is 2.37. The summed E-state index contributed by atoms with van der Waals surface area (Å²) in [5.41, 5.74) is 4.17. The van der Waals surface area contributed by atoms with Crippen molar-refractivity contribution in [2.24, 2.45) is 0 Å². The number of rotatable bonds is 3. The van der Waals surface area contributed by atoms with Gasteiger partial charge in [0.1, 0.15) is 5.69 Å². The van der Waals surface area contributed by atoms with Gasteiger partial charge in [-0.15, -0.1) is 0 Å². The van der Waals surface area contributed by atoms with Crippen LogP contribution in [-0.2, 0) is 9.05 Å². The molecule has 0 fully saturated rings. The van der Waals surface area contributed by atoms with Gasteiger partial charge in [0.15, 0.2) is 10.6 Å². The lowest BCUT2D eigenvalue weighted by molar-refractivity contribution is 0.141. The number of ether oxygens (including phenoxy) is 1. The Morgan fingerprint density at radius 2 is 2.12 bits per heavy atom. The molecule has 0 atom stereocenters. The van der Waals surface area contributed by atoms with E-state index in [0.29, 0.717) is 0 Å². The Kier molecular flexibility index (Phi) is 3.54. The van der Waals surface area contributed by atoms with Crippen LogP contribution < -0.4 is 10.5 Å². The third kappa shape index (κ3) is 2.33. The maximum absolute atomic E-state index is 12.5. The van der Waals surface area contributed by atoms with Crippen LogP contribution in [-0.4, -0.2) is 20.5 Å². The Hall–Kier alpha value is -1.15. The third-order valence-electron chi connectivity index (χ3n) is 1.70. The Balaban J connectivity index is 3.68. The Bertz CT molecular complexity index is 507. The van der Waals surface area contributed by atoms with Crippen LogP contribution in [0.1, 0.15) is 12.1 Å². The maximum Gasteiger partial charge on any atom is 0.281 e. The monoisotopic (exact) mass is 272 g/mol.